The van der Waals surface area contributed by atoms with Crippen molar-refractivity contribution in [2.24, 2.45) is 0 Å². The van der Waals surface area contributed by atoms with Gasteiger partial charge in [0, 0.05) is 23.7 Å². The molecule has 6 heteroatoms. The smallest absolute Gasteiger partial charge is 0.254 e. The fraction of sp³-hybridized carbons (Fsp3) is 0.300. The summed E-state index contributed by atoms with van der Waals surface area (Å²) in [4.78, 5) is 13.1. The minimum absolute atomic E-state index is 0.0487. The minimum atomic E-state index is -0.526. The van der Waals surface area contributed by atoms with Crippen LogP contribution in [0.2, 0.25) is 0 Å². The van der Waals surface area contributed by atoms with E-state index in [1.807, 2.05) is 6.26 Å². The third kappa shape index (κ3) is 2.05. The van der Waals surface area contributed by atoms with Crippen molar-refractivity contribution < 1.29 is 9.90 Å². The standard InChI is InChI=1S/C10H11ClN2O2S/c1-16-5-7-3-9(15)13-4-6(11)2-8(14)10(13)12-7/h2-4,10,12,14H,5H2,1H3. The predicted molar refractivity (Wildman–Crippen MR) is 64.9 cm³/mol. The molecule has 0 aromatic carbocycles. The highest BCUT2D eigenvalue weighted by Gasteiger charge is 2.31. The molecule has 0 bridgehead atoms. The molecule has 0 aromatic rings. The molecule has 0 radical (unpaired) electrons. The van der Waals surface area contributed by atoms with Crippen molar-refractivity contribution in [3.8, 4) is 0 Å². The molecule has 16 heavy (non-hydrogen) atoms. The van der Waals surface area contributed by atoms with Crippen molar-refractivity contribution in [2.75, 3.05) is 12.0 Å². The van der Waals surface area contributed by atoms with E-state index < -0.39 is 6.17 Å². The number of nitrogens with one attached hydrogen (secondary N) is 1. The van der Waals surface area contributed by atoms with Gasteiger partial charge in [-0.1, -0.05) is 11.6 Å². The second-order valence-corrected chi connectivity index (χ2v) is 4.78. The van der Waals surface area contributed by atoms with Crippen molar-refractivity contribution in [1.82, 2.24) is 10.2 Å². The molecule has 0 aromatic heterocycles. The topological polar surface area (TPSA) is 52.6 Å². The lowest BCUT2D eigenvalue weighted by Crippen LogP contribution is -2.51. The number of amides is 1. The van der Waals surface area contributed by atoms with Crippen LogP contribution in [0.1, 0.15) is 0 Å². The van der Waals surface area contributed by atoms with Crippen LogP contribution in [0.5, 0.6) is 0 Å². The third-order valence-corrected chi connectivity index (χ3v) is 3.09. The molecule has 2 N–H and O–H groups in total. The van der Waals surface area contributed by atoms with Crippen molar-refractivity contribution in [3.63, 3.8) is 0 Å². The van der Waals surface area contributed by atoms with Crippen LogP contribution in [-0.2, 0) is 4.79 Å². The number of hydrogen-bond donors (Lipinski definition) is 2. The van der Waals surface area contributed by atoms with Crippen molar-refractivity contribution >= 4 is 29.3 Å². The molecule has 2 rings (SSSR count). The van der Waals surface area contributed by atoms with Gasteiger partial charge in [0.15, 0.2) is 6.17 Å². The number of nitrogens with zero attached hydrogens (tertiary/aromatic N) is 1. The molecule has 2 aliphatic rings. The van der Waals surface area contributed by atoms with Crippen LogP contribution in [-0.4, -0.2) is 34.1 Å². The molecule has 1 atom stereocenters. The molecular formula is C10H11ClN2O2S. The summed E-state index contributed by atoms with van der Waals surface area (Å²) in [7, 11) is 0. The second kappa shape index (κ2) is 4.43. The van der Waals surface area contributed by atoms with E-state index in [0.717, 1.165) is 5.70 Å². The van der Waals surface area contributed by atoms with Crippen LogP contribution in [0.4, 0.5) is 0 Å². The van der Waals surface area contributed by atoms with E-state index in [1.165, 1.54) is 23.3 Å². The van der Waals surface area contributed by atoms with Crippen molar-refractivity contribution in [2.45, 2.75) is 6.17 Å². The Hall–Kier alpha value is -1.07. The lowest BCUT2D eigenvalue weighted by Gasteiger charge is -2.35. The van der Waals surface area contributed by atoms with Gasteiger partial charge in [-0.3, -0.25) is 9.69 Å². The quantitative estimate of drug-likeness (QED) is 0.789. The number of halogens is 1. The van der Waals surface area contributed by atoms with E-state index in [2.05, 4.69) is 5.32 Å². The molecule has 0 spiro atoms. The zero-order valence-corrected chi connectivity index (χ0v) is 10.2. The van der Waals surface area contributed by atoms with Gasteiger partial charge in [-0.15, -0.1) is 0 Å². The molecule has 0 saturated heterocycles. The second-order valence-electron chi connectivity index (χ2n) is 3.48. The number of allylic oxidation sites excluding steroid dienone is 2. The highest BCUT2D eigenvalue weighted by molar-refractivity contribution is 7.98. The zero-order valence-electron chi connectivity index (χ0n) is 8.61. The largest absolute Gasteiger partial charge is 0.508 e. The highest BCUT2D eigenvalue weighted by Crippen LogP contribution is 2.24. The molecule has 2 heterocycles. The van der Waals surface area contributed by atoms with E-state index in [1.54, 1.807) is 11.8 Å². The molecule has 4 nitrogen and oxygen atoms in total. The molecule has 1 amide bonds. The van der Waals surface area contributed by atoms with Crippen LogP contribution >= 0.6 is 23.4 Å². The maximum absolute atomic E-state index is 11.8. The van der Waals surface area contributed by atoms with Crippen LogP contribution < -0.4 is 5.32 Å². The Labute approximate surface area is 103 Å². The number of aliphatic hydroxyl groups excluding tert-OH is 1. The monoisotopic (exact) mass is 258 g/mol. The first-order chi connectivity index (χ1) is 7.61. The van der Waals surface area contributed by atoms with Gasteiger partial charge in [-0.2, -0.15) is 11.8 Å². The summed E-state index contributed by atoms with van der Waals surface area (Å²) in [5.74, 6) is 0.582. The summed E-state index contributed by atoms with van der Waals surface area (Å²) in [6, 6.07) is 0. The summed E-state index contributed by atoms with van der Waals surface area (Å²) in [6.07, 6.45) is 5.89. The summed E-state index contributed by atoms with van der Waals surface area (Å²) >= 11 is 7.38. The Morgan fingerprint density at radius 3 is 3.06 bits per heavy atom. The van der Waals surface area contributed by atoms with Gasteiger partial charge in [-0.05, 0) is 12.3 Å². The highest BCUT2D eigenvalue weighted by atomic mass is 35.5. The van der Waals surface area contributed by atoms with Gasteiger partial charge in [0.2, 0.25) is 0 Å². The molecule has 1 unspecified atom stereocenters. The van der Waals surface area contributed by atoms with Crippen LogP contribution in [0, 0.1) is 0 Å². The number of fused-ring (bicyclic) bond motifs is 1. The fourth-order valence-electron chi connectivity index (χ4n) is 1.62. The summed E-state index contributed by atoms with van der Waals surface area (Å²) < 4.78 is 0. The molecular weight excluding hydrogens is 248 g/mol. The van der Waals surface area contributed by atoms with Gasteiger partial charge in [0.25, 0.3) is 5.91 Å². The van der Waals surface area contributed by atoms with Crippen LogP contribution in [0.3, 0.4) is 0 Å². The van der Waals surface area contributed by atoms with E-state index >= 15 is 0 Å². The first kappa shape index (κ1) is 11.4. The number of aliphatic hydroxyl groups is 1. The molecule has 2 aliphatic heterocycles. The van der Waals surface area contributed by atoms with Gasteiger partial charge in [-0.25, -0.2) is 0 Å². The number of thioether (sulfide) groups is 1. The minimum Gasteiger partial charge on any atom is -0.508 e. The van der Waals surface area contributed by atoms with Crippen molar-refractivity contribution in [3.05, 3.63) is 34.8 Å². The van der Waals surface area contributed by atoms with Gasteiger partial charge in [0.1, 0.15) is 5.76 Å². The Balaban J connectivity index is 2.28. The first-order valence-corrected chi connectivity index (χ1v) is 6.45. The lowest BCUT2D eigenvalue weighted by molar-refractivity contribution is -0.126. The lowest BCUT2D eigenvalue weighted by atomic mass is 10.2. The molecule has 0 saturated carbocycles. The maximum atomic E-state index is 11.8. The SMILES string of the molecule is CSCC1=CC(=O)N2C=C(Cl)C=C(O)C2N1. The molecule has 0 aliphatic carbocycles. The Morgan fingerprint density at radius 2 is 2.38 bits per heavy atom. The predicted octanol–water partition coefficient (Wildman–Crippen LogP) is 1.53. The Kier molecular flexibility index (Phi) is 3.16. The average Bonchev–Trinajstić information content (AvgIpc) is 2.20. The third-order valence-electron chi connectivity index (χ3n) is 2.28. The van der Waals surface area contributed by atoms with Crippen LogP contribution in [0.25, 0.3) is 0 Å². The Morgan fingerprint density at radius 1 is 1.62 bits per heavy atom. The van der Waals surface area contributed by atoms with Gasteiger partial charge < -0.3 is 10.4 Å². The van der Waals surface area contributed by atoms with E-state index in [0.29, 0.717) is 10.8 Å². The van der Waals surface area contributed by atoms with Crippen molar-refractivity contribution in [1.29, 1.82) is 0 Å². The fourth-order valence-corrected chi connectivity index (χ4v) is 2.32. The van der Waals surface area contributed by atoms with Crippen LogP contribution in [0.15, 0.2) is 34.8 Å². The number of carbonyl (C=O) groups excluding carboxylic acids is 1. The van der Waals surface area contributed by atoms with E-state index in [9.17, 15) is 9.90 Å². The molecule has 0 fully saturated rings. The summed E-state index contributed by atoms with van der Waals surface area (Å²) in [6.45, 7) is 0. The normalized spacial score (nSPS) is 24.1. The van der Waals surface area contributed by atoms with Gasteiger partial charge in [0.05, 0.1) is 5.03 Å². The Bertz CT molecular complexity index is 417. The first-order valence-electron chi connectivity index (χ1n) is 4.68. The van der Waals surface area contributed by atoms with E-state index in [4.69, 9.17) is 11.6 Å². The van der Waals surface area contributed by atoms with E-state index in [-0.39, 0.29) is 11.7 Å². The summed E-state index contributed by atoms with van der Waals surface area (Å²) in [5, 5.41) is 13.1. The molecule has 86 valence electrons. The number of hydrogen-bond acceptors (Lipinski definition) is 4. The zero-order chi connectivity index (χ0) is 11.7. The number of carbonyl (C=O) groups is 1. The number of rotatable bonds is 2. The maximum Gasteiger partial charge on any atom is 0.254 e. The average molecular weight is 259 g/mol. The van der Waals surface area contributed by atoms with Gasteiger partial charge >= 0.3 is 0 Å². The summed E-state index contributed by atoms with van der Waals surface area (Å²) in [5.41, 5.74) is 0.810.